The summed E-state index contributed by atoms with van der Waals surface area (Å²) >= 11 is 0. The number of hydrogen-bond donors (Lipinski definition) is 0. The molecule has 0 saturated heterocycles. The highest BCUT2D eigenvalue weighted by atomic mass is 14.4. The van der Waals surface area contributed by atoms with E-state index in [9.17, 15) is 0 Å². The zero-order valence-corrected chi connectivity index (χ0v) is 8.43. The summed E-state index contributed by atoms with van der Waals surface area (Å²) in [7, 11) is 0. The molecule has 0 aromatic rings. The SMILES string of the molecule is CCC1CC1CC(C)C(C)C. The second-order valence-corrected chi connectivity index (χ2v) is 4.62. The normalized spacial score (nSPS) is 32.5. The van der Waals surface area contributed by atoms with Crippen LogP contribution < -0.4 is 0 Å². The van der Waals surface area contributed by atoms with Gasteiger partial charge in [0.25, 0.3) is 0 Å². The van der Waals surface area contributed by atoms with Crippen LogP contribution >= 0.6 is 0 Å². The first kappa shape index (κ1) is 9.09. The monoisotopic (exact) mass is 154 g/mol. The molecule has 0 radical (unpaired) electrons. The van der Waals surface area contributed by atoms with Crippen molar-refractivity contribution in [1.29, 1.82) is 0 Å². The smallest absolute Gasteiger partial charge is 0.0380 e. The molecular weight excluding hydrogens is 132 g/mol. The highest BCUT2D eigenvalue weighted by Gasteiger charge is 2.36. The van der Waals surface area contributed by atoms with Crippen LogP contribution in [0.5, 0.6) is 0 Å². The fourth-order valence-electron chi connectivity index (χ4n) is 1.85. The number of hydrogen-bond acceptors (Lipinski definition) is 0. The van der Waals surface area contributed by atoms with Crippen LogP contribution in [0.4, 0.5) is 0 Å². The molecule has 1 rings (SSSR count). The van der Waals surface area contributed by atoms with Crippen LogP contribution in [0.15, 0.2) is 0 Å². The van der Waals surface area contributed by atoms with Gasteiger partial charge in [0.15, 0.2) is 0 Å². The summed E-state index contributed by atoms with van der Waals surface area (Å²) in [6.07, 6.45) is 4.42. The minimum Gasteiger partial charge on any atom is -0.0651 e. The van der Waals surface area contributed by atoms with Crippen LogP contribution in [-0.2, 0) is 0 Å². The Morgan fingerprint density at radius 2 is 1.82 bits per heavy atom. The maximum absolute atomic E-state index is 2.40. The molecule has 3 unspecified atom stereocenters. The van der Waals surface area contributed by atoms with E-state index in [2.05, 4.69) is 27.7 Å². The van der Waals surface area contributed by atoms with Gasteiger partial charge in [-0.15, -0.1) is 0 Å². The molecule has 0 nitrogen and oxygen atoms in total. The maximum Gasteiger partial charge on any atom is -0.0380 e. The van der Waals surface area contributed by atoms with E-state index < -0.39 is 0 Å². The van der Waals surface area contributed by atoms with Crippen LogP contribution in [0.2, 0.25) is 0 Å². The first-order valence-corrected chi connectivity index (χ1v) is 5.15. The zero-order chi connectivity index (χ0) is 8.43. The molecule has 0 N–H and O–H groups in total. The summed E-state index contributed by atoms with van der Waals surface area (Å²) in [5.41, 5.74) is 0. The van der Waals surface area contributed by atoms with E-state index in [-0.39, 0.29) is 0 Å². The molecule has 0 heterocycles. The zero-order valence-electron chi connectivity index (χ0n) is 8.43. The molecule has 0 spiro atoms. The molecule has 1 aliphatic rings. The third-order valence-electron chi connectivity index (χ3n) is 3.41. The summed E-state index contributed by atoms with van der Waals surface area (Å²) < 4.78 is 0. The minimum absolute atomic E-state index is 0.883. The van der Waals surface area contributed by atoms with Gasteiger partial charge in [0.1, 0.15) is 0 Å². The van der Waals surface area contributed by atoms with Gasteiger partial charge in [-0.3, -0.25) is 0 Å². The summed E-state index contributed by atoms with van der Waals surface area (Å²) in [5, 5.41) is 0. The standard InChI is InChI=1S/C11H22/c1-5-10-7-11(10)6-9(4)8(2)3/h8-11H,5-7H2,1-4H3. The average Bonchev–Trinajstić information content (AvgIpc) is 2.67. The Hall–Kier alpha value is 0. The van der Waals surface area contributed by atoms with E-state index in [0.717, 1.165) is 23.7 Å². The lowest BCUT2D eigenvalue weighted by molar-refractivity contribution is 0.364. The third kappa shape index (κ3) is 2.50. The summed E-state index contributed by atoms with van der Waals surface area (Å²) in [5.74, 6) is 4.01. The van der Waals surface area contributed by atoms with E-state index in [1.165, 1.54) is 19.3 Å². The fraction of sp³-hybridized carbons (Fsp3) is 1.00. The molecule has 0 bridgehead atoms. The van der Waals surface area contributed by atoms with E-state index in [4.69, 9.17) is 0 Å². The van der Waals surface area contributed by atoms with Gasteiger partial charge in [0.05, 0.1) is 0 Å². The molecule has 0 aromatic heterocycles. The van der Waals surface area contributed by atoms with Gasteiger partial charge in [0, 0.05) is 0 Å². The van der Waals surface area contributed by atoms with Crippen LogP contribution in [-0.4, -0.2) is 0 Å². The molecular formula is C11H22. The quantitative estimate of drug-likeness (QED) is 0.579. The van der Waals surface area contributed by atoms with Gasteiger partial charge in [-0.05, 0) is 36.5 Å². The lowest BCUT2D eigenvalue weighted by Gasteiger charge is -2.14. The molecule has 0 aliphatic heterocycles. The Morgan fingerprint density at radius 3 is 2.18 bits per heavy atom. The molecule has 1 fully saturated rings. The Kier molecular flexibility index (Phi) is 2.98. The van der Waals surface area contributed by atoms with Gasteiger partial charge in [0.2, 0.25) is 0 Å². The van der Waals surface area contributed by atoms with Crippen molar-refractivity contribution in [3.8, 4) is 0 Å². The first-order valence-electron chi connectivity index (χ1n) is 5.15. The number of rotatable bonds is 4. The Balaban J connectivity index is 2.13. The van der Waals surface area contributed by atoms with Gasteiger partial charge < -0.3 is 0 Å². The Labute approximate surface area is 71.4 Å². The predicted octanol–water partition coefficient (Wildman–Crippen LogP) is 3.71. The molecule has 3 atom stereocenters. The molecule has 1 saturated carbocycles. The Morgan fingerprint density at radius 1 is 1.18 bits per heavy atom. The highest BCUT2D eigenvalue weighted by Crippen LogP contribution is 2.45. The van der Waals surface area contributed by atoms with Crippen molar-refractivity contribution in [3.05, 3.63) is 0 Å². The van der Waals surface area contributed by atoms with Crippen molar-refractivity contribution in [2.24, 2.45) is 23.7 Å². The third-order valence-corrected chi connectivity index (χ3v) is 3.41. The van der Waals surface area contributed by atoms with Crippen molar-refractivity contribution in [1.82, 2.24) is 0 Å². The van der Waals surface area contributed by atoms with Crippen LogP contribution in [0.1, 0.15) is 47.0 Å². The molecule has 0 heteroatoms. The summed E-state index contributed by atoms with van der Waals surface area (Å²) in [6, 6.07) is 0. The largest absolute Gasteiger partial charge is 0.0651 e. The van der Waals surface area contributed by atoms with Crippen molar-refractivity contribution in [2.45, 2.75) is 47.0 Å². The lowest BCUT2D eigenvalue weighted by Crippen LogP contribution is -2.04. The first-order chi connectivity index (χ1) is 5.15. The van der Waals surface area contributed by atoms with Crippen molar-refractivity contribution in [3.63, 3.8) is 0 Å². The maximum atomic E-state index is 2.40. The second-order valence-electron chi connectivity index (χ2n) is 4.62. The van der Waals surface area contributed by atoms with Crippen LogP contribution in [0.3, 0.4) is 0 Å². The average molecular weight is 154 g/mol. The van der Waals surface area contributed by atoms with Crippen LogP contribution in [0, 0.1) is 23.7 Å². The van der Waals surface area contributed by atoms with E-state index in [1.54, 1.807) is 0 Å². The lowest BCUT2D eigenvalue weighted by atomic mass is 9.92. The summed E-state index contributed by atoms with van der Waals surface area (Å²) in [4.78, 5) is 0. The van der Waals surface area contributed by atoms with Gasteiger partial charge in [-0.25, -0.2) is 0 Å². The van der Waals surface area contributed by atoms with E-state index in [1.807, 2.05) is 0 Å². The van der Waals surface area contributed by atoms with Gasteiger partial charge in [-0.1, -0.05) is 34.1 Å². The predicted molar refractivity (Wildman–Crippen MR) is 50.5 cm³/mol. The highest BCUT2D eigenvalue weighted by molar-refractivity contribution is 4.86. The Bertz CT molecular complexity index is 115. The molecule has 66 valence electrons. The topological polar surface area (TPSA) is 0 Å². The van der Waals surface area contributed by atoms with E-state index >= 15 is 0 Å². The van der Waals surface area contributed by atoms with Crippen LogP contribution in [0.25, 0.3) is 0 Å². The van der Waals surface area contributed by atoms with Gasteiger partial charge >= 0.3 is 0 Å². The molecule has 1 aliphatic carbocycles. The molecule has 0 aromatic carbocycles. The van der Waals surface area contributed by atoms with Crippen molar-refractivity contribution >= 4 is 0 Å². The molecule has 0 amide bonds. The minimum atomic E-state index is 0.883. The second kappa shape index (κ2) is 3.60. The van der Waals surface area contributed by atoms with Crippen molar-refractivity contribution < 1.29 is 0 Å². The fourth-order valence-corrected chi connectivity index (χ4v) is 1.85. The van der Waals surface area contributed by atoms with E-state index in [0.29, 0.717) is 0 Å². The summed E-state index contributed by atoms with van der Waals surface area (Å²) in [6.45, 7) is 9.41. The molecule has 11 heavy (non-hydrogen) atoms. The van der Waals surface area contributed by atoms with Crippen molar-refractivity contribution in [2.75, 3.05) is 0 Å². The van der Waals surface area contributed by atoms with Gasteiger partial charge in [-0.2, -0.15) is 0 Å².